The molecule has 0 aromatic rings. The van der Waals surface area contributed by atoms with Crippen LogP contribution in [0.25, 0.3) is 0 Å². The molecule has 6 nitrogen and oxygen atoms in total. The third kappa shape index (κ3) is 6.78. The van der Waals surface area contributed by atoms with E-state index in [1.807, 2.05) is 20.8 Å². The van der Waals surface area contributed by atoms with Crippen molar-refractivity contribution >= 4 is 11.7 Å². The van der Waals surface area contributed by atoms with Gasteiger partial charge in [-0.05, 0) is 20.8 Å². The average molecular weight is 245 g/mol. The van der Waals surface area contributed by atoms with Crippen LogP contribution in [0.1, 0.15) is 33.6 Å². The van der Waals surface area contributed by atoms with E-state index in [0.717, 1.165) is 0 Å². The fourth-order valence-corrected chi connectivity index (χ4v) is 1.40. The lowest BCUT2D eigenvalue weighted by Crippen LogP contribution is -2.39. The van der Waals surface area contributed by atoms with Crippen LogP contribution in [0.4, 0.5) is 0 Å². The summed E-state index contributed by atoms with van der Waals surface area (Å²) in [7, 11) is 0. The van der Waals surface area contributed by atoms with Gasteiger partial charge < -0.3 is 20.6 Å². The summed E-state index contributed by atoms with van der Waals surface area (Å²) in [4.78, 5) is 13.6. The fourth-order valence-electron chi connectivity index (χ4n) is 1.40. The topological polar surface area (TPSA) is 88.2 Å². The first-order chi connectivity index (χ1) is 8.02. The van der Waals surface area contributed by atoms with Gasteiger partial charge in [-0.3, -0.25) is 4.79 Å². The van der Waals surface area contributed by atoms with Crippen LogP contribution in [0, 0.1) is 0 Å². The second kappa shape index (κ2) is 8.81. The molecule has 0 fully saturated rings. The number of amides is 1. The first kappa shape index (κ1) is 15.7. The molecule has 0 aliphatic carbocycles. The highest BCUT2D eigenvalue weighted by molar-refractivity contribution is 5.81. The van der Waals surface area contributed by atoms with Gasteiger partial charge in [0.25, 0.3) is 0 Å². The first-order valence-electron chi connectivity index (χ1n) is 5.86. The Balaban J connectivity index is 4.17. The van der Waals surface area contributed by atoms with Crippen LogP contribution in [0.2, 0.25) is 0 Å². The summed E-state index contributed by atoms with van der Waals surface area (Å²) < 4.78 is 5.14. The van der Waals surface area contributed by atoms with Gasteiger partial charge >= 0.3 is 0 Å². The van der Waals surface area contributed by atoms with Crippen molar-refractivity contribution in [2.75, 3.05) is 19.8 Å². The fraction of sp³-hybridized carbons (Fsp3) is 0.818. The Morgan fingerprint density at radius 1 is 1.47 bits per heavy atom. The maximum atomic E-state index is 11.9. The van der Waals surface area contributed by atoms with Gasteiger partial charge in [-0.25, -0.2) is 0 Å². The van der Waals surface area contributed by atoms with E-state index in [2.05, 4.69) is 5.16 Å². The van der Waals surface area contributed by atoms with Crippen LogP contribution < -0.4 is 5.73 Å². The maximum Gasteiger partial charge on any atom is 0.225 e. The molecule has 1 amide bonds. The number of nitrogens with zero attached hydrogens (tertiary/aromatic N) is 2. The molecule has 0 bridgehead atoms. The molecule has 17 heavy (non-hydrogen) atoms. The highest BCUT2D eigenvalue weighted by Crippen LogP contribution is 2.03. The molecule has 6 heteroatoms. The molecule has 0 radical (unpaired) electrons. The van der Waals surface area contributed by atoms with Crippen LogP contribution in [-0.2, 0) is 9.53 Å². The lowest BCUT2D eigenvalue weighted by molar-refractivity contribution is -0.133. The van der Waals surface area contributed by atoms with Crippen molar-refractivity contribution in [3.05, 3.63) is 0 Å². The molecule has 0 aliphatic heterocycles. The van der Waals surface area contributed by atoms with E-state index in [9.17, 15) is 4.79 Å². The van der Waals surface area contributed by atoms with Crippen molar-refractivity contribution in [3.63, 3.8) is 0 Å². The molecule has 0 aromatic heterocycles. The molecular weight excluding hydrogens is 222 g/mol. The zero-order chi connectivity index (χ0) is 13.3. The number of hydrogen-bond donors (Lipinski definition) is 2. The molecule has 0 saturated heterocycles. The summed E-state index contributed by atoms with van der Waals surface area (Å²) in [6.07, 6.45) is 0.733. The predicted octanol–water partition coefficient (Wildman–Crippen LogP) is 0.787. The number of carbonyl (C=O) groups excluding carboxylic acids is 1. The van der Waals surface area contributed by atoms with Crippen molar-refractivity contribution in [2.24, 2.45) is 10.9 Å². The second-order valence-electron chi connectivity index (χ2n) is 3.97. The van der Waals surface area contributed by atoms with Gasteiger partial charge in [0.2, 0.25) is 5.91 Å². The normalized spacial score (nSPS) is 11.9. The number of carbonyl (C=O) groups is 1. The Morgan fingerprint density at radius 3 is 2.59 bits per heavy atom. The third-order valence-electron chi connectivity index (χ3n) is 2.35. The zero-order valence-electron chi connectivity index (χ0n) is 10.8. The van der Waals surface area contributed by atoms with Crippen LogP contribution in [0.3, 0.4) is 0 Å². The summed E-state index contributed by atoms with van der Waals surface area (Å²) in [5.74, 6) is 0.160. The molecular formula is C11H23N3O3. The van der Waals surface area contributed by atoms with Crippen LogP contribution >= 0.6 is 0 Å². The lowest BCUT2D eigenvalue weighted by Gasteiger charge is -2.26. The number of nitrogens with two attached hydrogens (primary N) is 1. The molecule has 0 aliphatic rings. The lowest BCUT2D eigenvalue weighted by atomic mass is 10.2. The standard InChI is InChI=1S/C11H23N3O3/c1-4-17-8-6-11(15)14(9(2)3)7-5-10(12)13-16/h9,16H,4-8H2,1-3H3,(H2,12,13). The minimum absolute atomic E-state index is 0.0270. The average Bonchev–Trinajstić information content (AvgIpc) is 2.28. The first-order valence-corrected chi connectivity index (χ1v) is 5.86. The van der Waals surface area contributed by atoms with Crippen LogP contribution in [0.15, 0.2) is 5.16 Å². The van der Waals surface area contributed by atoms with Crippen molar-refractivity contribution in [3.8, 4) is 0 Å². The molecule has 0 rings (SSSR count). The van der Waals surface area contributed by atoms with Crippen molar-refractivity contribution < 1.29 is 14.7 Å². The molecule has 0 aromatic carbocycles. The van der Waals surface area contributed by atoms with E-state index in [-0.39, 0.29) is 17.8 Å². The smallest absolute Gasteiger partial charge is 0.225 e. The van der Waals surface area contributed by atoms with Gasteiger partial charge in [0.1, 0.15) is 5.84 Å². The zero-order valence-corrected chi connectivity index (χ0v) is 10.8. The van der Waals surface area contributed by atoms with Gasteiger partial charge in [0.05, 0.1) is 13.0 Å². The summed E-state index contributed by atoms with van der Waals surface area (Å²) >= 11 is 0. The summed E-state index contributed by atoms with van der Waals surface area (Å²) in [6, 6.07) is 0.0932. The quantitative estimate of drug-likeness (QED) is 0.217. The predicted molar refractivity (Wildman–Crippen MR) is 66.0 cm³/mol. The number of amidine groups is 1. The number of rotatable bonds is 8. The van der Waals surface area contributed by atoms with Crippen molar-refractivity contribution in [1.29, 1.82) is 0 Å². The van der Waals surface area contributed by atoms with Crippen LogP contribution in [-0.4, -0.2) is 47.7 Å². The van der Waals surface area contributed by atoms with Gasteiger partial charge in [-0.15, -0.1) is 0 Å². The molecule has 100 valence electrons. The highest BCUT2D eigenvalue weighted by atomic mass is 16.5. The van der Waals surface area contributed by atoms with Gasteiger partial charge in [-0.1, -0.05) is 5.16 Å². The van der Waals surface area contributed by atoms with Gasteiger partial charge in [-0.2, -0.15) is 0 Å². The van der Waals surface area contributed by atoms with E-state index in [4.69, 9.17) is 15.7 Å². The summed E-state index contributed by atoms with van der Waals surface area (Å²) in [6.45, 7) is 7.26. The Morgan fingerprint density at radius 2 is 2.12 bits per heavy atom. The molecule has 0 unspecified atom stereocenters. The molecule has 0 atom stereocenters. The van der Waals surface area contributed by atoms with E-state index in [0.29, 0.717) is 32.6 Å². The second-order valence-corrected chi connectivity index (χ2v) is 3.97. The van der Waals surface area contributed by atoms with Crippen molar-refractivity contribution in [2.45, 2.75) is 39.7 Å². The Kier molecular flexibility index (Phi) is 8.13. The minimum Gasteiger partial charge on any atom is -0.409 e. The van der Waals surface area contributed by atoms with E-state index in [1.165, 1.54) is 0 Å². The van der Waals surface area contributed by atoms with E-state index < -0.39 is 0 Å². The van der Waals surface area contributed by atoms with Gasteiger partial charge in [0, 0.05) is 25.6 Å². The molecule has 0 saturated carbocycles. The summed E-state index contributed by atoms with van der Waals surface area (Å²) in [5.41, 5.74) is 5.38. The Hall–Kier alpha value is -1.30. The minimum atomic E-state index is 0.0270. The monoisotopic (exact) mass is 245 g/mol. The molecule has 3 N–H and O–H groups in total. The summed E-state index contributed by atoms with van der Waals surface area (Å²) in [5, 5.41) is 11.3. The van der Waals surface area contributed by atoms with Gasteiger partial charge in [0.15, 0.2) is 0 Å². The van der Waals surface area contributed by atoms with E-state index >= 15 is 0 Å². The largest absolute Gasteiger partial charge is 0.409 e. The number of ether oxygens (including phenoxy) is 1. The Bertz CT molecular complexity index is 254. The Labute approximate surface area is 102 Å². The highest BCUT2D eigenvalue weighted by Gasteiger charge is 2.16. The SMILES string of the molecule is CCOCCC(=O)N(CC/C(N)=N/O)C(C)C. The molecule has 0 spiro atoms. The van der Waals surface area contributed by atoms with E-state index in [1.54, 1.807) is 4.90 Å². The van der Waals surface area contributed by atoms with Crippen LogP contribution in [0.5, 0.6) is 0 Å². The van der Waals surface area contributed by atoms with Crippen molar-refractivity contribution in [1.82, 2.24) is 4.90 Å². The number of hydrogen-bond acceptors (Lipinski definition) is 4. The maximum absolute atomic E-state index is 11.9. The number of oxime groups is 1. The third-order valence-corrected chi connectivity index (χ3v) is 2.35. The molecule has 0 heterocycles.